The molecular formula is C14H23BrN4O. The molecule has 6 heteroatoms. The number of hydrogen-bond acceptors (Lipinski definition) is 4. The van der Waals surface area contributed by atoms with Crippen LogP contribution in [0.4, 0.5) is 5.69 Å². The van der Waals surface area contributed by atoms with E-state index in [-0.39, 0.29) is 5.56 Å². The average molecular weight is 343 g/mol. The first-order chi connectivity index (χ1) is 9.63. The minimum atomic E-state index is -0.0557. The predicted octanol–water partition coefficient (Wildman–Crippen LogP) is 2.36. The van der Waals surface area contributed by atoms with Crippen molar-refractivity contribution in [2.75, 3.05) is 11.9 Å². The molecule has 20 heavy (non-hydrogen) atoms. The Labute approximate surface area is 128 Å². The summed E-state index contributed by atoms with van der Waals surface area (Å²) in [5.41, 5.74) is 0.739. The Morgan fingerprint density at radius 3 is 3.10 bits per heavy atom. The number of anilines is 1. The fourth-order valence-electron chi connectivity index (χ4n) is 2.47. The van der Waals surface area contributed by atoms with Gasteiger partial charge in [0.05, 0.1) is 11.9 Å². The smallest absolute Gasteiger partial charge is 0.283 e. The van der Waals surface area contributed by atoms with Gasteiger partial charge in [0.15, 0.2) is 0 Å². The Bertz CT molecular complexity index is 502. The van der Waals surface area contributed by atoms with Crippen molar-refractivity contribution in [1.29, 1.82) is 0 Å². The lowest BCUT2D eigenvalue weighted by molar-refractivity contribution is 0.389. The molecule has 0 amide bonds. The summed E-state index contributed by atoms with van der Waals surface area (Å²) >= 11 is 3.41. The molecule has 1 saturated heterocycles. The predicted molar refractivity (Wildman–Crippen MR) is 85.2 cm³/mol. The zero-order chi connectivity index (χ0) is 14.5. The van der Waals surface area contributed by atoms with E-state index in [1.165, 1.54) is 4.68 Å². The van der Waals surface area contributed by atoms with E-state index in [4.69, 9.17) is 0 Å². The van der Waals surface area contributed by atoms with E-state index in [2.05, 4.69) is 45.5 Å². The van der Waals surface area contributed by atoms with E-state index in [9.17, 15) is 4.79 Å². The van der Waals surface area contributed by atoms with Crippen LogP contribution in [0.2, 0.25) is 0 Å². The Kier molecular flexibility index (Phi) is 5.60. The van der Waals surface area contributed by atoms with Gasteiger partial charge in [0.25, 0.3) is 5.56 Å². The van der Waals surface area contributed by atoms with E-state index in [1.807, 2.05) is 0 Å². The van der Waals surface area contributed by atoms with Gasteiger partial charge < -0.3 is 10.6 Å². The minimum Gasteiger partial charge on any atom is -0.378 e. The lowest BCUT2D eigenvalue weighted by Crippen LogP contribution is -2.46. The van der Waals surface area contributed by atoms with E-state index < -0.39 is 0 Å². The molecule has 1 aliphatic heterocycles. The molecule has 112 valence electrons. The van der Waals surface area contributed by atoms with Crippen molar-refractivity contribution in [2.45, 2.75) is 58.2 Å². The van der Waals surface area contributed by atoms with Crippen LogP contribution in [0.25, 0.3) is 0 Å². The molecule has 2 heterocycles. The van der Waals surface area contributed by atoms with Gasteiger partial charge in [-0.05, 0) is 48.7 Å². The maximum atomic E-state index is 12.2. The normalized spacial score (nSPS) is 22.8. The Balaban J connectivity index is 2.12. The highest BCUT2D eigenvalue weighted by Crippen LogP contribution is 2.21. The summed E-state index contributed by atoms with van der Waals surface area (Å²) in [6, 6.07) is 0.742. The van der Waals surface area contributed by atoms with Crippen molar-refractivity contribution < 1.29 is 0 Å². The summed E-state index contributed by atoms with van der Waals surface area (Å²) in [5.74, 6) is 0. The van der Waals surface area contributed by atoms with E-state index in [1.54, 1.807) is 6.20 Å². The molecule has 0 aromatic carbocycles. The molecule has 0 aliphatic carbocycles. The molecule has 0 saturated carbocycles. The van der Waals surface area contributed by atoms with Gasteiger partial charge in [0.2, 0.25) is 0 Å². The summed E-state index contributed by atoms with van der Waals surface area (Å²) < 4.78 is 2.11. The number of piperidine rings is 1. The number of hydrogen-bond donors (Lipinski definition) is 2. The highest BCUT2D eigenvalue weighted by atomic mass is 79.9. The maximum absolute atomic E-state index is 12.2. The molecule has 2 unspecified atom stereocenters. The standard InChI is InChI=1S/C14H23BrN4O/c1-3-4-8-19-14(20)13(15)12(9-17-19)18-11-6-5-7-16-10(11)2/h9-11,16,18H,3-8H2,1-2H3. The van der Waals surface area contributed by atoms with Crippen molar-refractivity contribution in [1.82, 2.24) is 15.1 Å². The van der Waals surface area contributed by atoms with Crippen molar-refractivity contribution in [3.63, 3.8) is 0 Å². The second-order valence-electron chi connectivity index (χ2n) is 5.39. The van der Waals surface area contributed by atoms with Crippen molar-refractivity contribution in [2.24, 2.45) is 0 Å². The first kappa shape index (κ1) is 15.5. The molecule has 2 N–H and O–H groups in total. The number of aryl methyl sites for hydroxylation is 1. The van der Waals surface area contributed by atoms with Crippen LogP contribution >= 0.6 is 15.9 Å². The second kappa shape index (κ2) is 7.22. The summed E-state index contributed by atoms with van der Waals surface area (Å²) in [6.07, 6.45) is 6.04. The van der Waals surface area contributed by atoms with E-state index >= 15 is 0 Å². The third-order valence-corrected chi connectivity index (χ3v) is 4.58. The lowest BCUT2D eigenvalue weighted by Gasteiger charge is -2.31. The third kappa shape index (κ3) is 3.61. The van der Waals surface area contributed by atoms with Crippen LogP contribution in [0.15, 0.2) is 15.5 Å². The molecule has 2 atom stereocenters. The second-order valence-corrected chi connectivity index (χ2v) is 6.18. The van der Waals surface area contributed by atoms with Crippen molar-refractivity contribution in [3.05, 3.63) is 21.0 Å². The van der Waals surface area contributed by atoms with Crippen LogP contribution < -0.4 is 16.2 Å². The fourth-order valence-corrected chi connectivity index (χ4v) is 2.90. The van der Waals surface area contributed by atoms with Gasteiger partial charge in [-0.25, -0.2) is 4.68 Å². The summed E-state index contributed by atoms with van der Waals surface area (Å²) in [5, 5.41) is 11.1. The fraction of sp³-hybridized carbons (Fsp3) is 0.714. The van der Waals surface area contributed by atoms with Crippen LogP contribution in [-0.4, -0.2) is 28.4 Å². The zero-order valence-electron chi connectivity index (χ0n) is 12.2. The number of nitrogens with one attached hydrogen (secondary N) is 2. The first-order valence-corrected chi connectivity index (χ1v) is 8.18. The van der Waals surface area contributed by atoms with E-state index in [0.717, 1.165) is 37.9 Å². The number of halogens is 1. The topological polar surface area (TPSA) is 59.0 Å². The zero-order valence-corrected chi connectivity index (χ0v) is 13.7. The molecular weight excluding hydrogens is 320 g/mol. The van der Waals surface area contributed by atoms with Gasteiger partial charge in [-0.3, -0.25) is 4.79 Å². The van der Waals surface area contributed by atoms with Crippen LogP contribution in [0.3, 0.4) is 0 Å². The largest absolute Gasteiger partial charge is 0.378 e. The Morgan fingerprint density at radius 2 is 2.40 bits per heavy atom. The number of rotatable bonds is 5. The van der Waals surface area contributed by atoms with E-state index in [0.29, 0.717) is 23.1 Å². The van der Waals surface area contributed by atoms with Gasteiger partial charge in [-0.1, -0.05) is 13.3 Å². The van der Waals surface area contributed by atoms with Gasteiger partial charge in [0, 0.05) is 18.6 Å². The van der Waals surface area contributed by atoms with Crippen LogP contribution in [-0.2, 0) is 6.54 Å². The SMILES string of the molecule is CCCCn1ncc(NC2CCCNC2C)c(Br)c1=O. The number of aromatic nitrogens is 2. The van der Waals surface area contributed by atoms with Crippen molar-refractivity contribution in [3.8, 4) is 0 Å². The lowest BCUT2D eigenvalue weighted by atomic mass is 10.00. The Morgan fingerprint density at radius 1 is 1.60 bits per heavy atom. The summed E-state index contributed by atoms with van der Waals surface area (Å²) in [6.45, 7) is 6.01. The molecule has 1 aromatic heterocycles. The van der Waals surface area contributed by atoms with Gasteiger partial charge in [-0.2, -0.15) is 5.10 Å². The molecule has 0 spiro atoms. The Hall–Kier alpha value is -0.880. The molecule has 1 fully saturated rings. The quantitative estimate of drug-likeness (QED) is 0.862. The summed E-state index contributed by atoms with van der Waals surface area (Å²) in [4.78, 5) is 12.2. The first-order valence-electron chi connectivity index (χ1n) is 7.39. The molecule has 0 bridgehead atoms. The van der Waals surface area contributed by atoms with Gasteiger partial charge in [0.1, 0.15) is 4.47 Å². The van der Waals surface area contributed by atoms with Crippen molar-refractivity contribution >= 4 is 21.6 Å². The third-order valence-electron chi connectivity index (χ3n) is 3.81. The monoisotopic (exact) mass is 342 g/mol. The molecule has 1 aromatic rings. The van der Waals surface area contributed by atoms with Crippen LogP contribution in [0, 0.1) is 0 Å². The van der Waals surface area contributed by atoms with Crippen LogP contribution in [0.5, 0.6) is 0 Å². The molecule has 5 nitrogen and oxygen atoms in total. The minimum absolute atomic E-state index is 0.0557. The highest BCUT2D eigenvalue weighted by molar-refractivity contribution is 9.10. The molecule has 2 rings (SSSR count). The van der Waals surface area contributed by atoms with Gasteiger partial charge in [-0.15, -0.1) is 0 Å². The highest BCUT2D eigenvalue weighted by Gasteiger charge is 2.22. The maximum Gasteiger partial charge on any atom is 0.283 e. The van der Waals surface area contributed by atoms with Crippen LogP contribution in [0.1, 0.15) is 39.5 Å². The molecule has 0 radical (unpaired) electrons. The summed E-state index contributed by atoms with van der Waals surface area (Å²) in [7, 11) is 0. The average Bonchev–Trinajstić information content (AvgIpc) is 2.45. The number of unbranched alkanes of at least 4 members (excludes halogenated alkanes) is 1. The molecule has 1 aliphatic rings. The number of nitrogens with zero attached hydrogens (tertiary/aromatic N) is 2. The van der Waals surface area contributed by atoms with Gasteiger partial charge >= 0.3 is 0 Å².